The first-order valence-corrected chi connectivity index (χ1v) is 7.15. The molecule has 3 aromatic rings. The lowest BCUT2D eigenvalue weighted by Crippen LogP contribution is -2.06. The number of aryl methyl sites for hydroxylation is 2. The Balaban J connectivity index is 1.93. The summed E-state index contributed by atoms with van der Waals surface area (Å²) in [5.41, 5.74) is 2.15. The largest absolute Gasteiger partial charge is 0.416 e. The molecule has 3 nitrogen and oxygen atoms in total. The molecule has 0 bridgehead atoms. The van der Waals surface area contributed by atoms with Crippen molar-refractivity contribution in [1.29, 1.82) is 0 Å². The van der Waals surface area contributed by atoms with E-state index in [1.165, 1.54) is 12.3 Å². The van der Waals surface area contributed by atoms with Crippen molar-refractivity contribution >= 4 is 0 Å². The van der Waals surface area contributed by atoms with E-state index in [-0.39, 0.29) is 0 Å². The van der Waals surface area contributed by atoms with E-state index < -0.39 is 11.7 Å². The molecule has 1 heterocycles. The van der Waals surface area contributed by atoms with Gasteiger partial charge in [-0.1, -0.05) is 41.6 Å². The number of aromatic amines is 1. The summed E-state index contributed by atoms with van der Waals surface area (Å²) in [6, 6.07) is 13.6. The highest BCUT2D eigenvalue weighted by Gasteiger charge is 2.31. The Morgan fingerprint density at radius 2 is 1.74 bits per heavy atom. The van der Waals surface area contributed by atoms with Crippen LogP contribution in [0, 0.1) is 0 Å². The highest BCUT2D eigenvalue weighted by Crippen LogP contribution is 2.33. The molecule has 1 aromatic heterocycles. The third-order valence-corrected chi connectivity index (χ3v) is 3.66. The zero-order valence-electron chi connectivity index (χ0n) is 12.1. The van der Waals surface area contributed by atoms with Gasteiger partial charge in [-0.2, -0.15) is 13.2 Å². The number of hydrogen-bond acceptors (Lipinski definition) is 2. The van der Waals surface area contributed by atoms with Crippen LogP contribution < -0.4 is 0 Å². The first kappa shape index (κ1) is 15.3. The van der Waals surface area contributed by atoms with E-state index in [1.54, 1.807) is 0 Å². The molecule has 118 valence electrons. The number of rotatable bonds is 4. The molecule has 0 aliphatic carbocycles. The summed E-state index contributed by atoms with van der Waals surface area (Å²) in [5, 5.41) is 9.99. The molecule has 0 fully saturated rings. The lowest BCUT2D eigenvalue weighted by Gasteiger charge is -2.12. The molecule has 0 aliphatic rings. The molecule has 6 heteroatoms. The van der Waals surface area contributed by atoms with E-state index in [9.17, 15) is 13.2 Å². The van der Waals surface area contributed by atoms with Gasteiger partial charge >= 0.3 is 6.18 Å². The van der Waals surface area contributed by atoms with E-state index in [1.807, 2.05) is 30.3 Å². The highest BCUT2D eigenvalue weighted by molar-refractivity contribution is 5.64. The predicted molar refractivity (Wildman–Crippen MR) is 80.7 cm³/mol. The Kier molecular flexibility index (Phi) is 4.14. The molecule has 0 saturated carbocycles. The summed E-state index contributed by atoms with van der Waals surface area (Å²) in [7, 11) is 0. The van der Waals surface area contributed by atoms with E-state index in [0.29, 0.717) is 17.7 Å². The number of halogens is 3. The monoisotopic (exact) mass is 317 g/mol. The molecule has 2 aromatic carbocycles. The molecular weight excluding hydrogens is 303 g/mol. The number of hydrogen-bond donors (Lipinski definition) is 1. The minimum Gasteiger partial charge on any atom is -0.265 e. The van der Waals surface area contributed by atoms with E-state index in [2.05, 4.69) is 15.4 Å². The summed E-state index contributed by atoms with van der Waals surface area (Å²) in [5.74, 6) is 0. The Labute approximate surface area is 131 Å². The second-order valence-corrected chi connectivity index (χ2v) is 5.21. The van der Waals surface area contributed by atoms with Gasteiger partial charge < -0.3 is 0 Å². The van der Waals surface area contributed by atoms with Crippen LogP contribution in [0.3, 0.4) is 0 Å². The summed E-state index contributed by atoms with van der Waals surface area (Å²) in [4.78, 5) is 0. The van der Waals surface area contributed by atoms with Crippen LogP contribution in [0.2, 0.25) is 0 Å². The van der Waals surface area contributed by atoms with E-state index in [0.717, 1.165) is 29.7 Å². The maximum atomic E-state index is 12.9. The summed E-state index contributed by atoms with van der Waals surface area (Å²) < 4.78 is 38.8. The number of nitrogens with zero attached hydrogens (tertiary/aromatic N) is 2. The molecule has 0 unspecified atom stereocenters. The van der Waals surface area contributed by atoms with Crippen LogP contribution in [0.1, 0.15) is 16.7 Å². The molecule has 0 radical (unpaired) electrons. The average molecular weight is 317 g/mol. The van der Waals surface area contributed by atoms with Gasteiger partial charge in [0.15, 0.2) is 0 Å². The number of nitrogens with one attached hydrogen (secondary N) is 1. The number of benzene rings is 2. The van der Waals surface area contributed by atoms with E-state index >= 15 is 0 Å². The van der Waals surface area contributed by atoms with Crippen molar-refractivity contribution in [2.24, 2.45) is 0 Å². The van der Waals surface area contributed by atoms with Crippen LogP contribution in [0.15, 0.2) is 54.7 Å². The van der Waals surface area contributed by atoms with Crippen LogP contribution in [0.4, 0.5) is 13.2 Å². The molecular formula is C17H14F3N3. The zero-order chi connectivity index (χ0) is 16.3. The molecule has 0 spiro atoms. The predicted octanol–water partition coefficient (Wildman–Crippen LogP) is 4.28. The van der Waals surface area contributed by atoms with Crippen molar-refractivity contribution in [3.05, 3.63) is 71.4 Å². The molecule has 0 amide bonds. The SMILES string of the molecule is FC(F)(F)c1ccc(CCc2ccccc2)c(-c2c[nH]nn2)c1. The van der Waals surface area contributed by atoms with E-state index in [4.69, 9.17) is 0 Å². The Morgan fingerprint density at radius 1 is 0.957 bits per heavy atom. The summed E-state index contributed by atoms with van der Waals surface area (Å²) >= 11 is 0. The highest BCUT2D eigenvalue weighted by atomic mass is 19.4. The van der Waals surface area contributed by atoms with Crippen molar-refractivity contribution in [3.8, 4) is 11.3 Å². The Bertz CT molecular complexity index is 766. The average Bonchev–Trinajstić information content (AvgIpc) is 3.07. The van der Waals surface area contributed by atoms with Gasteiger partial charge in [0.25, 0.3) is 0 Å². The fourth-order valence-electron chi connectivity index (χ4n) is 2.47. The van der Waals surface area contributed by atoms with Crippen molar-refractivity contribution < 1.29 is 13.2 Å². The zero-order valence-corrected chi connectivity index (χ0v) is 12.1. The van der Waals surface area contributed by atoms with Gasteiger partial charge in [0.1, 0.15) is 5.69 Å². The second-order valence-electron chi connectivity index (χ2n) is 5.21. The molecule has 3 rings (SSSR count). The smallest absolute Gasteiger partial charge is 0.265 e. The van der Waals surface area contributed by atoms with Gasteiger partial charge in [0, 0.05) is 11.8 Å². The third-order valence-electron chi connectivity index (χ3n) is 3.66. The summed E-state index contributed by atoms with van der Waals surface area (Å²) in [6.07, 6.45) is -1.50. The van der Waals surface area contributed by atoms with Crippen molar-refractivity contribution in [2.75, 3.05) is 0 Å². The number of alkyl halides is 3. The molecule has 0 atom stereocenters. The first-order chi connectivity index (χ1) is 11.0. The van der Waals surface area contributed by atoms with Crippen LogP contribution >= 0.6 is 0 Å². The number of H-pyrrole nitrogens is 1. The first-order valence-electron chi connectivity index (χ1n) is 7.15. The van der Waals surface area contributed by atoms with Gasteiger partial charge in [0.05, 0.1) is 5.56 Å². The van der Waals surface area contributed by atoms with Crippen molar-refractivity contribution in [2.45, 2.75) is 19.0 Å². The fraction of sp³-hybridized carbons (Fsp3) is 0.176. The van der Waals surface area contributed by atoms with Gasteiger partial charge in [-0.25, -0.2) is 0 Å². The maximum Gasteiger partial charge on any atom is 0.416 e. The van der Waals surface area contributed by atoms with Gasteiger partial charge in [-0.15, -0.1) is 5.10 Å². The maximum absolute atomic E-state index is 12.9. The lowest BCUT2D eigenvalue weighted by atomic mass is 9.96. The molecule has 0 aliphatic heterocycles. The minimum atomic E-state index is -4.38. The van der Waals surface area contributed by atoms with Crippen LogP contribution in [0.25, 0.3) is 11.3 Å². The van der Waals surface area contributed by atoms with Crippen molar-refractivity contribution in [3.63, 3.8) is 0 Å². The van der Waals surface area contributed by atoms with Crippen LogP contribution in [0.5, 0.6) is 0 Å². The Morgan fingerprint density at radius 3 is 2.39 bits per heavy atom. The third kappa shape index (κ3) is 3.59. The van der Waals surface area contributed by atoms with Gasteiger partial charge in [-0.3, -0.25) is 5.10 Å². The minimum absolute atomic E-state index is 0.416. The fourth-order valence-corrected chi connectivity index (χ4v) is 2.47. The second kappa shape index (κ2) is 6.24. The molecule has 0 saturated heterocycles. The molecule has 1 N–H and O–H groups in total. The summed E-state index contributed by atoms with van der Waals surface area (Å²) in [6.45, 7) is 0. The topological polar surface area (TPSA) is 41.6 Å². The number of aromatic nitrogens is 3. The van der Waals surface area contributed by atoms with Crippen molar-refractivity contribution in [1.82, 2.24) is 15.4 Å². The lowest BCUT2D eigenvalue weighted by molar-refractivity contribution is -0.137. The standard InChI is InChI=1S/C17H14F3N3/c18-17(19,20)14-9-8-13(7-6-12-4-2-1-3-5-12)15(10-14)16-11-21-23-22-16/h1-5,8-11H,6-7H2,(H,21,22,23). The quantitative estimate of drug-likeness (QED) is 0.780. The Hall–Kier alpha value is -2.63. The van der Waals surface area contributed by atoms with Gasteiger partial charge in [-0.05, 0) is 36.1 Å². The molecule has 23 heavy (non-hydrogen) atoms. The normalized spacial score (nSPS) is 11.6. The van der Waals surface area contributed by atoms with Crippen LogP contribution in [-0.2, 0) is 19.0 Å². The van der Waals surface area contributed by atoms with Crippen LogP contribution in [-0.4, -0.2) is 15.4 Å². The van der Waals surface area contributed by atoms with Gasteiger partial charge in [0.2, 0.25) is 0 Å².